The van der Waals surface area contributed by atoms with Gasteiger partial charge in [0.2, 0.25) is 0 Å². The average molecular weight is 477 g/mol. The van der Waals surface area contributed by atoms with Gasteiger partial charge in [-0.1, -0.05) is 61.5 Å². The van der Waals surface area contributed by atoms with E-state index >= 15 is 0 Å². The summed E-state index contributed by atoms with van der Waals surface area (Å²) in [5, 5.41) is 13.9. The Morgan fingerprint density at radius 2 is 1.81 bits per heavy atom. The summed E-state index contributed by atoms with van der Waals surface area (Å²) in [6.07, 6.45) is 2.95. The summed E-state index contributed by atoms with van der Waals surface area (Å²) in [5.74, 6) is 0.659. The molecule has 0 bridgehead atoms. The number of aromatic nitrogens is 5. The number of benzene rings is 3. The second kappa shape index (κ2) is 9.41. The van der Waals surface area contributed by atoms with Gasteiger partial charge in [0.25, 0.3) is 5.56 Å². The lowest BCUT2D eigenvalue weighted by Gasteiger charge is -2.37. The number of H-pyrrole nitrogens is 1. The molecule has 0 spiro atoms. The molecule has 0 amide bonds. The van der Waals surface area contributed by atoms with Gasteiger partial charge in [-0.05, 0) is 76.0 Å². The Kier molecular flexibility index (Phi) is 5.81. The minimum atomic E-state index is -0.427. The molecule has 0 saturated heterocycles. The molecular weight excluding hydrogens is 448 g/mol. The fraction of sp³-hybridized carbons (Fsp3) is 0.241. The second-order valence-electron chi connectivity index (χ2n) is 9.34. The molecule has 0 radical (unpaired) electrons. The number of para-hydroxylation sites is 1. The molecule has 0 aliphatic carbocycles. The molecule has 7 heteroatoms. The SMILES string of the molecule is CCc1ccc2[nH]c(=O)c([C@@H](c3nnnn3Cc3ccccc3)N3CCCc4ccccc43)cc2c1. The maximum atomic E-state index is 13.6. The zero-order valence-corrected chi connectivity index (χ0v) is 20.3. The highest BCUT2D eigenvalue weighted by Crippen LogP contribution is 2.36. The van der Waals surface area contributed by atoms with Crippen LogP contribution in [0.4, 0.5) is 5.69 Å². The van der Waals surface area contributed by atoms with Gasteiger partial charge < -0.3 is 9.88 Å². The van der Waals surface area contributed by atoms with Gasteiger partial charge in [-0.25, -0.2) is 4.68 Å². The molecule has 180 valence electrons. The van der Waals surface area contributed by atoms with E-state index < -0.39 is 6.04 Å². The molecule has 3 aromatic carbocycles. The summed E-state index contributed by atoms with van der Waals surface area (Å²) in [5.41, 5.74) is 6.11. The molecule has 1 aliphatic heterocycles. The number of aryl methyl sites for hydroxylation is 2. The van der Waals surface area contributed by atoms with Crippen LogP contribution in [0.5, 0.6) is 0 Å². The average Bonchev–Trinajstić information content (AvgIpc) is 3.37. The first-order valence-corrected chi connectivity index (χ1v) is 12.5. The molecule has 1 atom stereocenters. The Morgan fingerprint density at radius 3 is 2.67 bits per heavy atom. The molecule has 0 saturated carbocycles. The first-order chi connectivity index (χ1) is 17.7. The van der Waals surface area contributed by atoms with Gasteiger partial charge >= 0.3 is 0 Å². The van der Waals surface area contributed by atoms with E-state index in [1.165, 1.54) is 11.1 Å². The predicted octanol–water partition coefficient (Wildman–Crippen LogP) is 4.67. The van der Waals surface area contributed by atoms with Crippen LogP contribution in [0.3, 0.4) is 0 Å². The molecule has 6 rings (SSSR count). The fourth-order valence-electron chi connectivity index (χ4n) is 5.25. The largest absolute Gasteiger partial charge is 0.357 e. The van der Waals surface area contributed by atoms with E-state index in [9.17, 15) is 4.79 Å². The van der Waals surface area contributed by atoms with Crippen molar-refractivity contribution in [2.45, 2.75) is 38.8 Å². The van der Waals surface area contributed by atoms with Gasteiger partial charge in [0, 0.05) is 23.3 Å². The Labute approximate surface area is 209 Å². The molecule has 0 unspecified atom stereocenters. The molecule has 7 nitrogen and oxygen atoms in total. The van der Waals surface area contributed by atoms with E-state index in [0.717, 1.165) is 48.0 Å². The highest BCUT2D eigenvalue weighted by Gasteiger charge is 2.33. The number of pyridine rings is 1. The summed E-state index contributed by atoms with van der Waals surface area (Å²) in [6.45, 7) is 3.48. The normalized spacial score (nSPS) is 14.1. The Balaban J connectivity index is 1.54. The highest BCUT2D eigenvalue weighted by molar-refractivity contribution is 5.80. The van der Waals surface area contributed by atoms with E-state index in [4.69, 9.17) is 0 Å². The maximum absolute atomic E-state index is 13.6. The van der Waals surface area contributed by atoms with Crippen LogP contribution in [-0.4, -0.2) is 31.7 Å². The van der Waals surface area contributed by atoms with Crippen LogP contribution in [0.15, 0.2) is 83.7 Å². The van der Waals surface area contributed by atoms with E-state index in [1.54, 1.807) is 0 Å². The Bertz CT molecular complexity index is 1570. The molecule has 1 N–H and O–H groups in total. The van der Waals surface area contributed by atoms with Gasteiger partial charge in [-0.3, -0.25) is 4.79 Å². The molecule has 2 aromatic heterocycles. The number of anilines is 1. The minimum Gasteiger partial charge on any atom is -0.357 e. The number of tetrazole rings is 1. The van der Waals surface area contributed by atoms with Gasteiger partial charge in [0.05, 0.1) is 6.54 Å². The third kappa shape index (κ3) is 4.06. The molecule has 0 fully saturated rings. The molecule has 5 aromatic rings. The summed E-state index contributed by atoms with van der Waals surface area (Å²) in [4.78, 5) is 19.0. The zero-order chi connectivity index (χ0) is 24.5. The van der Waals surface area contributed by atoms with Crippen LogP contribution in [-0.2, 0) is 19.4 Å². The lowest BCUT2D eigenvalue weighted by atomic mass is 9.96. The van der Waals surface area contributed by atoms with Crippen LogP contribution < -0.4 is 10.5 Å². The third-order valence-corrected chi connectivity index (χ3v) is 7.08. The minimum absolute atomic E-state index is 0.117. The zero-order valence-electron chi connectivity index (χ0n) is 20.3. The number of rotatable bonds is 6. The Morgan fingerprint density at radius 1 is 0.972 bits per heavy atom. The smallest absolute Gasteiger partial charge is 0.254 e. The summed E-state index contributed by atoms with van der Waals surface area (Å²) in [7, 11) is 0. The number of aromatic amines is 1. The van der Waals surface area contributed by atoms with E-state index in [1.807, 2.05) is 35.0 Å². The molecule has 1 aliphatic rings. The maximum Gasteiger partial charge on any atom is 0.254 e. The standard InChI is InChI=1S/C29H28N6O/c1-2-20-14-15-25-23(17-20)18-24(29(36)30-25)27(34-16-8-12-22-11-6-7-13-26(22)34)28-31-32-33-35(28)19-21-9-4-3-5-10-21/h3-7,9-11,13-15,17-18,27H,2,8,12,16,19H2,1H3,(H,30,36)/t27-/m0/s1. The first kappa shape index (κ1) is 22.2. The lowest BCUT2D eigenvalue weighted by molar-refractivity contribution is 0.555. The van der Waals surface area contributed by atoms with Crippen LogP contribution in [0.2, 0.25) is 0 Å². The van der Waals surface area contributed by atoms with Crippen molar-refractivity contribution in [1.82, 2.24) is 25.2 Å². The first-order valence-electron chi connectivity index (χ1n) is 12.5. The van der Waals surface area contributed by atoms with Gasteiger partial charge in [-0.2, -0.15) is 0 Å². The van der Waals surface area contributed by atoms with Gasteiger partial charge in [-0.15, -0.1) is 5.10 Å². The molecular formula is C29H28N6O. The topological polar surface area (TPSA) is 79.7 Å². The summed E-state index contributed by atoms with van der Waals surface area (Å²) in [6, 6.07) is 26.4. The van der Waals surface area contributed by atoms with E-state index in [2.05, 4.69) is 80.9 Å². The Hall–Kier alpha value is -4.26. The summed E-state index contributed by atoms with van der Waals surface area (Å²) < 4.78 is 1.82. The van der Waals surface area contributed by atoms with Gasteiger partial charge in [0.15, 0.2) is 5.82 Å². The lowest BCUT2D eigenvalue weighted by Crippen LogP contribution is -2.38. The number of nitrogens with zero attached hydrogens (tertiary/aromatic N) is 5. The second-order valence-corrected chi connectivity index (χ2v) is 9.34. The fourth-order valence-corrected chi connectivity index (χ4v) is 5.25. The van der Waals surface area contributed by atoms with Crippen molar-refractivity contribution in [3.05, 3.63) is 117 Å². The molecule has 36 heavy (non-hydrogen) atoms. The third-order valence-electron chi connectivity index (χ3n) is 7.08. The van der Waals surface area contributed by atoms with E-state index in [0.29, 0.717) is 17.9 Å². The van der Waals surface area contributed by atoms with E-state index in [-0.39, 0.29) is 5.56 Å². The number of hydrogen-bond acceptors (Lipinski definition) is 5. The van der Waals surface area contributed by atoms with Crippen molar-refractivity contribution in [3.8, 4) is 0 Å². The van der Waals surface area contributed by atoms with Gasteiger partial charge in [0.1, 0.15) is 6.04 Å². The van der Waals surface area contributed by atoms with Crippen LogP contribution in [0.1, 0.15) is 47.5 Å². The van der Waals surface area contributed by atoms with Crippen molar-refractivity contribution in [2.75, 3.05) is 11.4 Å². The monoisotopic (exact) mass is 476 g/mol. The number of nitrogens with one attached hydrogen (secondary N) is 1. The van der Waals surface area contributed by atoms with Crippen LogP contribution in [0.25, 0.3) is 10.9 Å². The quantitative estimate of drug-likeness (QED) is 0.385. The molecule has 3 heterocycles. The van der Waals surface area contributed by atoms with Crippen LogP contribution in [0, 0.1) is 0 Å². The van der Waals surface area contributed by atoms with Crippen molar-refractivity contribution in [1.29, 1.82) is 0 Å². The van der Waals surface area contributed by atoms with Crippen molar-refractivity contribution in [3.63, 3.8) is 0 Å². The van der Waals surface area contributed by atoms with Crippen LogP contribution >= 0.6 is 0 Å². The van der Waals surface area contributed by atoms with Crippen molar-refractivity contribution >= 4 is 16.6 Å². The highest BCUT2D eigenvalue weighted by atomic mass is 16.1. The van der Waals surface area contributed by atoms with Crippen molar-refractivity contribution < 1.29 is 0 Å². The number of hydrogen-bond donors (Lipinski definition) is 1. The predicted molar refractivity (Wildman–Crippen MR) is 141 cm³/mol. The van der Waals surface area contributed by atoms with Crippen molar-refractivity contribution in [2.24, 2.45) is 0 Å². The number of fused-ring (bicyclic) bond motifs is 2. The summed E-state index contributed by atoms with van der Waals surface area (Å²) >= 11 is 0.